The van der Waals surface area contributed by atoms with E-state index in [1.807, 2.05) is 24.4 Å². The Balaban J connectivity index is 2.48. The summed E-state index contributed by atoms with van der Waals surface area (Å²) >= 11 is 2.17. The quantitative estimate of drug-likeness (QED) is 0.822. The van der Waals surface area contributed by atoms with Crippen LogP contribution in [0.15, 0.2) is 36.8 Å². The van der Waals surface area contributed by atoms with Crippen molar-refractivity contribution in [3.8, 4) is 11.1 Å². The van der Waals surface area contributed by atoms with Crippen LogP contribution in [0.1, 0.15) is 0 Å². The largest absolute Gasteiger partial charge is 0.383 e. The third kappa shape index (κ3) is 1.84. The Morgan fingerprint density at radius 3 is 2.71 bits per heavy atom. The van der Waals surface area contributed by atoms with Crippen LogP contribution in [0.5, 0.6) is 0 Å². The fourth-order valence-electron chi connectivity index (χ4n) is 1.14. The number of anilines is 1. The monoisotopic (exact) mass is 297 g/mol. The van der Waals surface area contributed by atoms with Crippen molar-refractivity contribution in [2.45, 2.75) is 0 Å². The maximum absolute atomic E-state index is 5.63. The molecule has 0 fully saturated rings. The van der Waals surface area contributed by atoms with Crippen LogP contribution in [0.25, 0.3) is 11.1 Å². The van der Waals surface area contributed by atoms with Crippen LogP contribution in [0.4, 0.5) is 5.82 Å². The van der Waals surface area contributed by atoms with Crippen molar-refractivity contribution < 1.29 is 0 Å². The van der Waals surface area contributed by atoms with Crippen LogP contribution in [0, 0.1) is 3.57 Å². The molecule has 0 saturated heterocycles. The van der Waals surface area contributed by atoms with E-state index in [1.54, 1.807) is 12.4 Å². The van der Waals surface area contributed by atoms with Gasteiger partial charge in [-0.1, -0.05) is 6.07 Å². The predicted molar refractivity (Wildman–Crippen MR) is 64.6 cm³/mol. The number of nitrogen functional groups attached to an aromatic ring is 1. The van der Waals surface area contributed by atoms with Gasteiger partial charge in [-0.2, -0.15) is 0 Å². The van der Waals surface area contributed by atoms with Gasteiger partial charge in [0.15, 0.2) is 0 Å². The van der Waals surface area contributed by atoms with Gasteiger partial charge in [0.05, 0.1) is 3.57 Å². The number of pyridine rings is 2. The van der Waals surface area contributed by atoms with Gasteiger partial charge in [-0.3, -0.25) is 4.98 Å². The maximum atomic E-state index is 5.63. The minimum absolute atomic E-state index is 0.568. The first-order chi connectivity index (χ1) is 6.77. The second kappa shape index (κ2) is 3.91. The van der Waals surface area contributed by atoms with Crippen LogP contribution in [0.2, 0.25) is 0 Å². The zero-order valence-electron chi connectivity index (χ0n) is 7.31. The summed E-state index contributed by atoms with van der Waals surface area (Å²) in [5, 5.41) is 0. The summed E-state index contributed by atoms with van der Waals surface area (Å²) in [5.41, 5.74) is 7.72. The molecule has 2 N–H and O–H groups in total. The van der Waals surface area contributed by atoms with Gasteiger partial charge in [0.2, 0.25) is 0 Å². The molecule has 0 spiro atoms. The molecule has 2 aromatic rings. The normalized spacial score (nSPS) is 10.1. The summed E-state index contributed by atoms with van der Waals surface area (Å²) in [5.74, 6) is 0.568. The lowest BCUT2D eigenvalue weighted by molar-refractivity contribution is 1.29. The Morgan fingerprint density at radius 2 is 2.07 bits per heavy atom. The Bertz CT molecular complexity index is 442. The minimum Gasteiger partial charge on any atom is -0.383 e. The Labute approximate surface area is 95.5 Å². The van der Waals surface area contributed by atoms with Gasteiger partial charge in [-0.25, -0.2) is 4.98 Å². The molecule has 4 heteroatoms. The van der Waals surface area contributed by atoms with E-state index in [0.717, 1.165) is 14.7 Å². The highest BCUT2D eigenvalue weighted by atomic mass is 127. The topological polar surface area (TPSA) is 51.8 Å². The molecule has 3 nitrogen and oxygen atoms in total. The van der Waals surface area contributed by atoms with Crippen molar-refractivity contribution >= 4 is 28.4 Å². The van der Waals surface area contributed by atoms with Crippen molar-refractivity contribution in [3.05, 3.63) is 40.4 Å². The van der Waals surface area contributed by atoms with E-state index in [9.17, 15) is 0 Å². The lowest BCUT2D eigenvalue weighted by atomic mass is 10.1. The van der Waals surface area contributed by atoms with Gasteiger partial charge in [-0.15, -0.1) is 0 Å². The molecule has 14 heavy (non-hydrogen) atoms. The molecule has 0 aliphatic heterocycles. The molecular formula is C10H8IN3. The highest BCUT2D eigenvalue weighted by molar-refractivity contribution is 14.1. The third-order valence-electron chi connectivity index (χ3n) is 1.86. The fourth-order valence-corrected chi connectivity index (χ4v) is 1.61. The number of hydrogen-bond donors (Lipinski definition) is 1. The fraction of sp³-hybridized carbons (Fsp3) is 0. The highest BCUT2D eigenvalue weighted by Gasteiger charge is 2.01. The number of aromatic nitrogens is 2. The Kier molecular flexibility index (Phi) is 2.62. The maximum Gasteiger partial charge on any atom is 0.136 e. The summed E-state index contributed by atoms with van der Waals surface area (Å²) in [6.45, 7) is 0. The Hall–Kier alpha value is -1.17. The summed E-state index contributed by atoms with van der Waals surface area (Å²) in [7, 11) is 0. The van der Waals surface area contributed by atoms with Gasteiger partial charge >= 0.3 is 0 Å². The molecule has 0 aliphatic carbocycles. The summed E-state index contributed by atoms with van der Waals surface area (Å²) in [6, 6.07) is 5.90. The van der Waals surface area contributed by atoms with Crippen LogP contribution < -0.4 is 5.73 Å². The molecular weight excluding hydrogens is 289 g/mol. The molecule has 0 unspecified atom stereocenters. The molecule has 0 aromatic carbocycles. The van der Waals surface area contributed by atoms with E-state index in [2.05, 4.69) is 32.6 Å². The average Bonchev–Trinajstić information content (AvgIpc) is 2.23. The second-order valence-electron chi connectivity index (χ2n) is 2.83. The molecule has 0 saturated carbocycles. The van der Waals surface area contributed by atoms with E-state index < -0.39 is 0 Å². The summed E-state index contributed by atoms with van der Waals surface area (Å²) in [6.07, 6.45) is 5.32. The van der Waals surface area contributed by atoms with Crippen molar-refractivity contribution in [1.29, 1.82) is 0 Å². The Morgan fingerprint density at radius 1 is 1.21 bits per heavy atom. The zero-order valence-corrected chi connectivity index (χ0v) is 9.47. The summed E-state index contributed by atoms with van der Waals surface area (Å²) < 4.78 is 0.962. The molecule has 0 amide bonds. The molecule has 0 radical (unpaired) electrons. The first-order valence-electron chi connectivity index (χ1n) is 4.09. The first-order valence-corrected chi connectivity index (χ1v) is 5.16. The molecule has 2 rings (SSSR count). The number of nitrogens with two attached hydrogens (primary N) is 1. The van der Waals surface area contributed by atoms with Crippen molar-refractivity contribution in [3.63, 3.8) is 0 Å². The lowest BCUT2D eigenvalue weighted by Gasteiger charge is -2.02. The standard InChI is InChI=1S/C10H8IN3/c11-9-4-8(6-14-10(9)12)7-2-1-3-13-5-7/h1-6H,(H2,12,14). The number of nitrogens with zero attached hydrogens (tertiary/aromatic N) is 2. The average molecular weight is 297 g/mol. The number of halogens is 1. The van der Waals surface area contributed by atoms with E-state index in [4.69, 9.17) is 5.73 Å². The van der Waals surface area contributed by atoms with Crippen molar-refractivity contribution in [2.75, 3.05) is 5.73 Å². The molecule has 0 atom stereocenters. The second-order valence-corrected chi connectivity index (χ2v) is 3.99. The molecule has 2 aromatic heterocycles. The van der Waals surface area contributed by atoms with Crippen molar-refractivity contribution in [1.82, 2.24) is 9.97 Å². The minimum atomic E-state index is 0.568. The van der Waals surface area contributed by atoms with Gasteiger partial charge in [0.25, 0.3) is 0 Å². The van der Waals surface area contributed by atoms with Crippen molar-refractivity contribution in [2.24, 2.45) is 0 Å². The smallest absolute Gasteiger partial charge is 0.136 e. The van der Waals surface area contributed by atoms with Gasteiger partial charge in [0.1, 0.15) is 5.82 Å². The predicted octanol–water partition coefficient (Wildman–Crippen LogP) is 2.33. The van der Waals surface area contributed by atoms with Gasteiger partial charge in [0, 0.05) is 29.7 Å². The van der Waals surface area contributed by atoms with Crippen LogP contribution in [0.3, 0.4) is 0 Å². The molecule has 70 valence electrons. The lowest BCUT2D eigenvalue weighted by Crippen LogP contribution is -1.93. The van der Waals surface area contributed by atoms with Crippen LogP contribution in [-0.4, -0.2) is 9.97 Å². The first kappa shape index (κ1) is 9.39. The molecule has 0 aliphatic rings. The van der Waals surface area contributed by atoms with E-state index in [-0.39, 0.29) is 0 Å². The summed E-state index contributed by atoms with van der Waals surface area (Å²) in [4.78, 5) is 8.15. The van der Waals surface area contributed by atoms with Crippen LogP contribution in [-0.2, 0) is 0 Å². The van der Waals surface area contributed by atoms with E-state index >= 15 is 0 Å². The van der Waals surface area contributed by atoms with E-state index in [0.29, 0.717) is 5.82 Å². The third-order valence-corrected chi connectivity index (χ3v) is 2.73. The number of hydrogen-bond acceptors (Lipinski definition) is 3. The van der Waals surface area contributed by atoms with Crippen LogP contribution >= 0.6 is 22.6 Å². The number of rotatable bonds is 1. The van der Waals surface area contributed by atoms with E-state index in [1.165, 1.54) is 0 Å². The highest BCUT2D eigenvalue weighted by Crippen LogP contribution is 2.21. The van der Waals surface area contributed by atoms with Gasteiger partial charge in [-0.05, 0) is 34.7 Å². The molecule has 0 bridgehead atoms. The molecule has 2 heterocycles. The zero-order chi connectivity index (χ0) is 9.97. The SMILES string of the molecule is Nc1ncc(-c2cccnc2)cc1I. The van der Waals surface area contributed by atoms with Gasteiger partial charge < -0.3 is 5.73 Å².